The maximum atomic E-state index is 12.8. The number of rotatable bonds is 5. The molecule has 25 heavy (non-hydrogen) atoms. The predicted molar refractivity (Wildman–Crippen MR) is 93.9 cm³/mol. The number of hydrogen-bond acceptors (Lipinski definition) is 4. The summed E-state index contributed by atoms with van der Waals surface area (Å²) in [5.74, 6) is 2.24. The molecule has 1 amide bonds. The van der Waals surface area contributed by atoms with Crippen molar-refractivity contribution in [3.8, 4) is 18.0 Å². The molecule has 0 saturated carbocycles. The minimum atomic E-state index is -0.275. The van der Waals surface area contributed by atoms with Crippen molar-refractivity contribution in [2.24, 2.45) is 0 Å². The Morgan fingerprint density at radius 1 is 1.20 bits per heavy atom. The molecule has 6 nitrogen and oxygen atoms in total. The van der Waals surface area contributed by atoms with Gasteiger partial charge in [0.1, 0.15) is 0 Å². The highest BCUT2D eigenvalue weighted by atomic mass is 16.2. The van der Waals surface area contributed by atoms with Gasteiger partial charge >= 0.3 is 0 Å². The number of amides is 1. The summed E-state index contributed by atoms with van der Waals surface area (Å²) < 4.78 is 1.56. The lowest BCUT2D eigenvalue weighted by Gasteiger charge is -2.18. The van der Waals surface area contributed by atoms with Gasteiger partial charge in [0, 0.05) is 5.69 Å². The Kier molecular flexibility index (Phi) is 4.86. The van der Waals surface area contributed by atoms with Crippen LogP contribution in [0.2, 0.25) is 0 Å². The molecule has 3 aromatic rings. The second kappa shape index (κ2) is 7.41. The Morgan fingerprint density at radius 3 is 2.72 bits per heavy atom. The summed E-state index contributed by atoms with van der Waals surface area (Å²) in [6.45, 7) is 2.40. The summed E-state index contributed by atoms with van der Waals surface area (Å²) in [7, 11) is 0. The molecule has 0 atom stereocenters. The van der Waals surface area contributed by atoms with E-state index in [-0.39, 0.29) is 18.1 Å². The van der Waals surface area contributed by atoms with E-state index in [4.69, 9.17) is 6.42 Å². The van der Waals surface area contributed by atoms with E-state index >= 15 is 0 Å². The van der Waals surface area contributed by atoms with Crippen LogP contribution >= 0.6 is 0 Å². The van der Waals surface area contributed by atoms with Gasteiger partial charge in [0.05, 0.1) is 30.7 Å². The van der Waals surface area contributed by atoms with E-state index in [1.54, 1.807) is 10.9 Å². The third-order valence-electron chi connectivity index (χ3n) is 3.60. The van der Waals surface area contributed by atoms with Gasteiger partial charge in [0.2, 0.25) is 0 Å². The zero-order valence-electron chi connectivity index (χ0n) is 13.8. The molecule has 2 heterocycles. The topological polar surface area (TPSA) is 63.9 Å². The minimum Gasteiger partial charge on any atom is -0.320 e. The van der Waals surface area contributed by atoms with E-state index in [9.17, 15) is 4.79 Å². The fourth-order valence-electron chi connectivity index (χ4n) is 2.42. The van der Waals surface area contributed by atoms with Crippen LogP contribution in [0.25, 0.3) is 5.69 Å². The van der Waals surface area contributed by atoms with Crippen LogP contribution in [0.5, 0.6) is 0 Å². The molecule has 0 aliphatic heterocycles. The van der Waals surface area contributed by atoms with E-state index in [1.165, 1.54) is 4.90 Å². The number of aromatic nitrogens is 4. The summed E-state index contributed by atoms with van der Waals surface area (Å²) in [4.78, 5) is 18.7. The summed E-state index contributed by atoms with van der Waals surface area (Å²) in [6, 6.07) is 15.2. The Hall–Kier alpha value is -3.46. The molecule has 124 valence electrons. The van der Waals surface area contributed by atoms with Gasteiger partial charge in [-0.25, -0.2) is 4.68 Å². The van der Waals surface area contributed by atoms with Crippen LogP contribution in [-0.2, 0) is 6.54 Å². The lowest BCUT2D eigenvalue weighted by atomic mass is 10.2. The molecule has 6 heteroatoms. The number of terminal acetylenes is 1. The molecule has 1 aromatic carbocycles. The van der Waals surface area contributed by atoms with Gasteiger partial charge < -0.3 is 4.90 Å². The van der Waals surface area contributed by atoms with Crippen LogP contribution in [0.4, 0.5) is 0 Å². The van der Waals surface area contributed by atoms with Gasteiger partial charge in [0.15, 0.2) is 5.69 Å². The minimum absolute atomic E-state index is 0.173. The molecule has 2 aromatic heterocycles. The highest BCUT2D eigenvalue weighted by molar-refractivity contribution is 5.92. The van der Waals surface area contributed by atoms with Crippen molar-refractivity contribution in [3.63, 3.8) is 0 Å². The number of pyridine rings is 1. The van der Waals surface area contributed by atoms with E-state index in [1.807, 2.05) is 55.5 Å². The Bertz CT molecular complexity index is 911. The fraction of sp³-hybridized carbons (Fsp3) is 0.158. The number of aryl methyl sites for hydroxylation is 1. The van der Waals surface area contributed by atoms with E-state index in [2.05, 4.69) is 21.2 Å². The molecule has 0 unspecified atom stereocenters. The number of nitrogens with zero attached hydrogens (tertiary/aromatic N) is 5. The van der Waals surface area contributed by atoms with Crippen LogP contribution < -0.4 is 0 Å². The van der Waals surface area contributed by atoms with Gasteiger partial charge in [-0.15, -0.1) is 11.5 Å². The van der Waals surface area contributed by atoms with Gasteiger partial charge in [-0.3, -0.25) is 9.78 Å². The molecule has 0 fully saturated rings. The van der Waals surface area contributed by atoms with Gasteiger partial charge in [-0.2, -0.15) is 0 Å². The zero-order chi connectivity index (χ0) is 17.6. The lowest BCUT2D eigenvalue weighted by molar-refractivity contribution is 0.0758. The van der Waals surface area contributed by atoms with Gasteiger partial charge in [0.25, 0.3) is 5.91 Å². The van der Waals surface area contributed by atoms with E-state index in [0.29, 0.717) is 6.54 Å². The predicted octanol–water partition coefficient (Wildman–Crippen LogP) is 2.25. The number of carbonyl (C=O) groups is 1. The van der Waals surface area contributed by atoms with Crippen LogP contribution in [0, 0.1) is 19.3 Å². The van der Waals surface area contributed by atoms with Crippen molar-refractivity contribution in [1.29, 1.82) is 0 Å². The first kappa shape index (κ1) is 16.4. The quantitative estimate of drug-likeness (QED) is 0.673. The molecular weight excluding hydrogens is 314 g/mol. The molecule has 0 N–H and O–H groups in total. The van der Waals surface area contributed by atoms with Crippen molar-refractivity contribution in [2.45, 2.75) is 13.5 Å². The standard InChI is InChI=1S/C19H17N5O/c1-3-12-23(13-16-9-7-8-15(2)20-16)19(25)18-14-24(22-21-18)17-10-5-4-6-11-17/h1,4-11,14H,12-13H2,2H3. The number of benzene rings is 1. The van der Waals surface area contributed by atoms with Crippen LogP contribution in [-0.4, -0.2) is 37.3 Å². The van der Waals surface area contributed by atoms with E-state index in [0.717, 1.165) is 17.1 Å². The largest absolute Gasteiger partial charge is 0.320 e. The molecule has 0 aliphatic rings. The monoisotopic (exact) mass is 331 g/mol. The summed E-state index contributed by atoms with van der Waals surface area (Å²) in [5, 5.41) is 8.01. The highest BCUT2D eigenvalue weighted by Crippen LogP contribution is 2.10. The zero-order valence-corrected chi connectivity index (χ0v) is 13.8. The Balaban J connectivity index is 1.81. The Labute approximate surface area is 146 Å². The third-order valence-corrected chi connectivity index (χ3v) is 3.60. The molecule has 0 spiro atoms. The van der Waals surface area contributed by atoms with E-state index < -0.39 is 0 Å². The summed E-state index contributed by atoms with van der Waals surface area (Å²) in [6.07, 6.45) is 7.02. The number of hydrogen-bond donors (Lipinski definition) is 0. The van der Waals surface area contributed by atoms with Crippen molar-refractivity contribution in [2.75, 3.05) is 6.54 Å². The van der Waals surface area contributed by atoms with Crippen molar-refractivity contribution >= 4 is 5.91 Å². The normalized spacial score (nSPS) is 10.2. The maximum Gasteiger partial charge on any atom is 0.277 e. The van der Waals surface area contributed by atoms with Crippen LogP contribution in [0.3, 0.4) is 0 Å². The first-order chi connectivity index (χ1) is 12.2. The van der Waals surface area contributed by atoms with Crippen LogP contribution in [0.15, 0.2) is 54.7 Å². The molecule has 0 saturated heterocycles. The third kappa shape index (κ3) is 3.90. The maximum absolute atomic E-state index is 12.8. The van der Waals surface area contributed by atoms with Gasteiger partial charge in [-0.1, -0.05) is 35.4 Å². The average Bonchev–Trinajstić information content (AvgIpc) is 3.12. The number of para-hydroxylation sites is 1. The first-order valence-electron chi connectivity index (χ1n) is 7.80. The SMILES string of the molecule is C#CCN(Cc1cccc(C)n1)C(=O)c1cn(-c2ccccc2)nn1. The highest BCUT2D eigenvalue weighted by Gasteiger charge is 2.19. The average molecular weight is 331 g/mol. The Morgan fingerprint density at radius 2 is 2.00 bits per heavy atom. The second-order valence-electron chi connectivity index (χ2n) is 5.52. The van der Waals surface area contributed by atoms with Crippen molar-refractivity contribution < 1.29 is 4.79 Å². The summed E-state index contributed by atoms with van der Waals surface area (Å²) >= 11 is 0. The fourth-order valence-corrected chi connectivity index (χ4v) is 2.42. The van der Waals surface area contributed by atoms with Crippen molar-refractivity contribution in [1.82, 2.24) is 24.9 Å². The van der Waals surface area contributed by atoms with Crippen LogP contribution in [0.1, 0.15) is 21.9 Å². The second-order valence-corrected chi connectivity index (χ2v) is 5.52. The molecular formula is C19H17N5O. The van der Waals surface area contributed by atoms with Gasteiger partial charge in [-0.05, 0) is 31.2 Å². The van der Waals surface area contributed by atoms with Crippen molar-refractivity contribution in [3.05, 3.63) is 71.8 Å². The smallest absolute Gasteiger partial charge is 0.277 e. The number of carbonyl (C=O) groups excluding carboxylic acids is 1. The molecule has 3 rings (SSSR count). The molecule has 0 aliphatic carbocycles. The first-order valence-corrected chi connectivity index (χ1v) is 7.80. The lowest BCUT2D eigenvalue weighted by Crippen LogP contribution is -2.31. The molecule has 0 bridgehead atoms. The summed E-state index contributed by atoms with van der Waals surface area (Å²) in [5.41, 5.74) is 2.74. The molecule has 0 radical (unpaired) electrons.